The predicted octanol–water partition coefficient (Wildman–Crippen LogP) is 0.866. The third kappa shape index (κ3) is 3.50. The van der Waals surface area contributed by atoms with Gasteiger partial charge in [0.05, 0.1) is 29.5 Å². The van der Waals surface area contributed by atoms with E-state index < -0.39 is 10.0 Å². The van der Waals surface area contributed by atoms with E-state index in [-0.39, 0.29) is 17.7 Å². The predicted molar refractivity (Wildman–Crippen MR) is 90.2 cm³/mol. The molecule has 3 heterocycles. The van der Waals surface area contributed by atoms with Crippen molar-refractivity contribution in [2.24, 2.45) is 0 Å². The molecule has 0 saturated heterocycles. The summed E-state index contributed by atoms with van der Waals surface area (Å²) >= 11 is 1.35. The van der Waals surface area contributed by atoms with Crippen LogP contribution in [0.25, 0.3) is 0 Å². The van der Waals surface area contributed by atoms with Crippen LogP contribution in [0.15, 0.2) is 23.2 Å². The number of fused-ring (bicyclic) bond motifs is 1. The lowest BCUT2D eigenvalue weighted by Crippen LogP contribution is -2.45. The van der Waals surface area contributed by atoms with E-state index in [2.05, 4.69) is 15.4 Å². The molecular formula is C14H19N5O3S2. The summed E-state index contributed by atoms with van der Waals surface area (Å²) in [5, 5.41) is 8.76. The van der Waals surface area contributed by atoms with E-state index in [1.54, 1.807) is 21.8 Å². The molecule has 0 bridgehead atoms. The Kier molecular flexibility index (Phi) is 4.97. The third-order valence-electron chi connectivity index (χ3n) is 3.87. The van der Waals surface area contributed by atoms with Crippen molar-refractivity contribution in [3.8, 4) is 0 Å². The molecule has 0 aromatic carbocycles. The van der Waals surface area contributed by atoms with Crippen molar-refractivity contribution in [3.05, 3.63) is 34.5 Å². The van der Waals surface area contributed by atoms with Crippen LogP contribution in [0.4, 0.5) is 0 Å². The molecule has 1 aliphatic heterocycles. The van der Waals surface area contributed by atoms with Crippen LogP contribution in [0.2, 0.25) is 0 Å². The van der Waals surface area contributed by atoms with Crippen molar-refractivity contribution >= 4 is 27.3 Å². The smallest absolute Gasteiger partial charge is 0.270 e. The van der Waals surface area contributed by atoms with Crippen molar-refractivity contribution in [1.82, 2.24) is 24.4 Å². The van der Waals surface area contributed by atoms with E-state index in [1.165, 1.54) is 15.6 Å². The van der Waals surface area contributed by atoms with Crippen LogP contribution in [-0.4, -0.2) is 52.2 Å². The van der Waals surface area contributed by atoms with Crippen LogP contribution >= 0.6 is 11.3 Å². The second-order valence-electron chi connectivity index (χ2n) is 5.61. The van der Waals surface area contributed by atoms with Crippen LogP contribution in [0.5, 0.6) is 0 Å². The molecule has 8 nitrogen and oxygen atoms in total. The molecule has 1 unspecified atom stereocenters. The zero-order valence-electron chi connectivity index (χ0n) is 13.3. The number of sulfonamides is 1. The van der Waals surface area contributed by atoms with E-state index in [1.807, 2.05) is 13.0 Å². The Morgan fingerprint density at radius 3 is 3.04 bits per heavy atom. The number of hydrogen-bond donors (Lipinski definition) is 1. The Morgan fingerprint density at radius 2 is 2.33 bits per heavy atom. The second-order valence-corrected chi connectivity index (χ2v) is 8.42. The van der Waals surface area contributed by atoms with Gasteiger partial charge in [0, 0.05) is 24.7 Å². The maximum atomic E-state index is 12.4. The molecule has 2 aromatic heterocycles. The van der Waals surface area contributed by atoms with Crippen molar-refractivity contribution < 1.29 is 13.2 Å². The fraction of sp³-hybridized carbons (Fsp3) is 0.500. The number of nitrogens with zero attached hydrogens (tertiary/aromatic N) is 4. The minimum absolute atomic E-state index is 0.124. The molecule has 1 aliphatic rings. The van der Waals surface area contributed by atoms with Gasteiger partial charge in [-0.05, 0) is 12.5 Å². The lowest BCUT2D eigenvalue weighted by Gasteiger charge is -2.33. The first-order valence-corrected chi connectivity index (χ1v) is 10.2. The molecule has 10 heteroatoms. The van der Waals surface area contributed by atoms with Crippen molar-refractivity contribution in [2.75, 3.05) is 18.8 Å². The summed E-state index contributed by atoms with van der Waals surface area (Å²) in [6.45, 7) is 2.76. The highest BCUT2D eigenvalue weighted by Crippen LogP contribution is 2.23. The minimum atomic E-state index is -3.30. The highest BCUT2D eigenvalue weighted by Gasteiger charge is 2.32. The maximum Gasteiger partial charge on any atom is 0.270 e. The van der Waals surface area contributed by atoms with Gasteiger partial charge < -0.3 is 5.32 Å². The molecule has 0 aliphatic carbocycles. The van der Waals surface area contributed by atoms with Gasteiger partial charge in [-0.2, -0.15) is 9.40 Å². The molecule has 0 fully saturated rings. The number of carbonyl (C=O) groups excluding carboxylic acids is 1. The highest BCUT2D eigenvalue weighted by atomic mass is 32.2. The zero-order chi connectivity index (χ0) is 17.2. The van der Waals surface area contributed by atoms with Gasteiger partial charge in [-0.15, -0.1) is 11.3 Å². The Labute approximate surface area is 144 Å². The van der Waals surface area contributed by atoms with Gasteiger partial charge >= 0.3 is 0 Å². The molecule has 3 rings (SSSR count). The zero-order valence-corrected chi connectivity index (χ0v) is 14.9. The topological polar surface area (TPSA) is 97.2 Å². The minimum Gasteiger partial charge on any atom is -0.348 e. The summed E-state index contributed by atoms with van der Waals surface area (Å²) in [7, 11) is -3.30. The van der Waals surface area contributed by atoms with Gasteiger partial charge in [0.1, 0.15) is 5.69 Å². The van der Waals surface area contributed by atoms with Gasteiger partial charge in [-0.1, -0.05) is 6.92 Å². The summed E-state index contributed by atoms with van der Waals surface area (Å²) in [6, 6.07) is 1.57. The van der Waals surface area contributed by atoms with Crippen LogP contribution in [0, 0.1) is 0 Å². The Morgan fingerprint density at radius 1 is 1.50 bits per heavy atom. The number of nitrogens with one attached hydrogen (secondary N) is 1. The molecule has 0 spiro atoms. The monoisotopic (exact) mass is 369 g/mol. The number of carbonyl (C=O) groups is 1. The quantitative estimate of drug-likeness (QED) is 0.815. The number of amides is 1. The standard InChI is InChI=1S/C14H19N5O3S2/c1-2-5-24(21,22)18-7-11-3-4-17-19(11)12(8-18)6-15-14(20)13-9-23-10-16-13/h3-4,9-10,12H,2,5-8H2,1H3,(H,15,20). The first-order chi connectivity index (χ1) is 11.5. The van der Waals surface area contributed by atoms with Crippen LogP contribution in [0.1, 0.15) is 35.6 Å². The summed E-state index contributed by atoms with van der Waals surface area (Å²) in [4.78, 5) is 16.0. The van der Waals surface area contributed by atoms with Gasteiger partial charge in [0.2, 0.25) is 10.0 Å². The lowest BCUT2D eigenvalue weighted by atomic mass is 10.2. The van der Waals surface area contributed by atoms with E-state index in [4.69, 9.17) is 0 Å². The van der Waals surface area contributed by atoms with Gasteiger partial charge in [0.15, 0.2) is 0 Å². The first kappa shape index (κ1) is 17.1. The van der Waals surface area contributed by atoms with E-state index in [0.717, 1.165) is 5.69 Å². The first-order valence-electron chi connectivity index (χ1n) is 7.68. The fourth-order valence-corrected chi connectivity index (χ4v) is 4.76. The van der Waals surface area contributed by atoms with Crippen molar-refractivity contribution in [2.45, 2.75) is 25.9 Å². The normalized spacial score (nSPS) is 18.3. The van der Waals surface area contributed by atoms with E-state index in [0.29, 0.717) is 31.7 Å². The van der Waals surface area contributed by atoms with Crippen molar-refractivity contribution in [3.63, 3.8) is 0 Å². The molecule has 0 saturated carbocycles. The number of thiazole rings is 1. The maximum absolute atomic E-state index is 12.4. The lowest BCUT2D eigenvalue weighted by molar-refractivity contribution is 0.0938. The molecule has 1 N–H and O–H groups in total. The largest absolute Gasteiger partial charge is 0.348 e. The Balaban J connectivity index is 1.73. The molecule has 130 valence electrons. The highest BCUT2D eigenvalue weighted by molar-refractivity contribution is 7.89. The molecule has 0 radical (unpaired) electrons. The van der Waals surface area contributed by atoms with E-state index in [9.17, 15) is 13.2 Å². The van der Waals surface area contributed by atoms with Gasteiger partial charge in [-0.25, -0.2) is 13.4 Å². The summed E-state index contributed by atoms with van der Waals surface area (Å²) < 4.78 is 28.0. The third-order valence-corrected chi connectivity index (χ3v) is 6.45. The molecule has 2 aromatic rings. The average molecular weight is 369 g/mol. The van der Waals surface area contributed by atoms with Crippen LogP contribution < -0.4 is 5.32 Å². The molecule has 1 amide bonds. The average Bonchev–Trinajstić information content (AvgIpc) is 3.22. The van der Waals surface area contributed by atoms with Crippen molar-refractivity contribution in [1.29, 1.82) is 0 Å². The van der Waals surface area contributed by atoms with Gasteiger partial charge in [-0.3, -0.25) is 9.48 Å². The Hall–Kier alpha value is -1.78. The van der Waals surface area contributed by atoms with Gasteiger partial charge in [0.25, 0.3) is 5.91 Å². The summed E-state index contributed by atoms with van der Waals surface area (Å²) in [6.07, 6.45) is 2.23. The summed E-state index contributed by atoms with van der Waals surface area (Å²) in [5.74, 6) is -0.141. The SMILES string of the molecule is CCCS(=O)(=O)N1Cc2ccnn2C(CNC(=O)c2cscn2)C1. The fourth-order valence-electron chi connectivity index (χ4n) is 2.73. The number of hydrogen-bond acceptors (Lipinski definition) is 6. The second kappa shape index (κ2) is 6.99. The molecule has 24 heavy (non-hydrogen) atoms. The van der Waals surface area contributed by atoms with Crippen LogP contribution in [0.3, 0.4) is 0 Å². The molecular weight excluding hydrogens is 350 g/mol. The summed E-state index contributed by atoms with van der Waals surface area (Å²) in [5.41, 5.74) is 2.79. The number of rotatable bonds is 6. The number of aromatic nitrogens is 3. The van der Waals surface area contributed by atoms with Crippen LogP contribution in [-0.2, 0) is 16.6 Å². The Bertz CT molecular complexity index is 800. The van der Waals surface area contributed by atoms with E-state index >= 15 is 0 Å². The molecule has 1 atom stereocenters.